The molecule has 0 atom stereocenters. The van der Waals surface area contributed by atoms with Crippen molar-refractivity contribution in [1.29, 1.82) is 0 Å². The molecular weight excluding hydrogens is 231 g/mol. The molecule has 0 radical (unpaired) electrons. The predicted octanol–water partition coefficient (Wildman–Crippen LogP) is 3.37. The zero-order valence-electron chi connectivity index (χ0n) is 10.2. The molecule has 0 amide bonds. The van der Waals surface area contributed by atoms with Crippen LogP contribution < -0.4 is 4.74 Å². The number of ether oxygens (including phenoxy) is 1. The van der Waals surface area contributed by atoms with Crippen molar-refractivity contribution in [2.75, 3.05) is 7.11 Å². The van der Waals surface area contributed by atoms with E-state index < -0.39 is 5.82 Å². The zero-order chi connectivity index (χ0) is 13.1. The van der Waals surface area contributed by atoms with Gasteiger partial charge in [-0.3, -0.25) is 4.79 Å². The summed E-state index contributed by atoms with van der Waals surface area (Å²) < 4.78 is 18.9. The molecule has 0 spiro atoms. The number of hydrogen-bond donors (Lipinski definition) is 0. The fourth-order valence-corrected chi connectivity index (χ4v) is 1.74. The second kappa shape index (κ2) is 5.00. The molecule has 0 N–H and O–H groups in total. The molecule has 0 aliphatic rings. The Labute approximate surface area is 105 Å². The van der Waals surface area contributed by atoms with Crippen LogP contribution >= 0.6 is 0 Å². The lowest BCUT2D eigenvalue weighted by atomic mass is 10.0. The number of halogens is 1. The number of hydrogen-bond acceptors (Lipinski definition) is 2. The Hall–Kier alpha value is -2.16. The molecule has 2 aromatic carbocycles. The average Bonchev–Trinajstić information content (AvgIpc) is 2.41. The summed E-state index contributed by atoms with van der Waals surface area (Å²) in [6.07, 6.45) is 0. The highest BCUT2D eigenvalue weighted by molar-refractivity contribution is 6.09. The predicted molar refractivity (Wildman–Crippen MR) is 67.6 cm³/mol. The van der Waals surface area contributed by atoms with Crippen LogP contribution in [0.1, 0.15) is 21.5 Å². The Balaban J connectivity index is 2.44. The molecule has 0 aliphatic heterocycles. The van der Waals surface area contributed by atoms with Gasteiger partial charge < -0.3 is 4.74 Å². The molecule has 0 heterocycles. The Morgan fingerprint density at radius 2 is 1.89 bits per heavy atom. The van der Waals surface area contributed by atoms with Gasteiger partial charge in [-0.1, -0.05) is 24.3 Å². The molecule has 0 saturated carbocycles. The van der Waals surface area contributed by atoms with Crippen molar-refractivity contribution in [3.05, 3.63) is 65.0 Å². The van der Waals surface area contributed by atoms with Crippen molar-refractivity contribution in [2.24, 2.45) is 0 Å². The van der Waals surface area contributed by atoms with Crippen LogP contribution in [0.4, 0.5) is 4.39 Å². The van der Waals surface area contributed by atoms with Crippen molar-refractivity contribution in [1.82, 2.24) is 0 Å². The van der Waals surface area contributed by atoms with Gasteiger partial charge in [-0.2, -0.15) is 0 Å². The normalized spacial score (nSPS) is 10.2. The summed E-state index contributed by atoms with van der Waals surface area (Å²) in [5.74, 6) is -0.227. The van der Waals surface area contributed by atoms with Gasteiger partial charge in [0, 0.05) is 5.56 Å². The summed E-state index contributed by atoms with van der Waals surface area (Å²) in [5, 5.41) is 0. The number of ketones is 1. The molecule has 0 aliphatic carbocycles. The van der Waals surface area contributed by atoms with Crippen molar-refractivity contribution >= 4 is 5.78 Å². The fraction of sp³-hybridized carbons (Fsp3) is 0.133. The third-order valence-electron chi connectivity index (χ3n) is 2.77. The third kappa shape index (κ3) is 2.25. The molecular formula is C15H13FO2. The van der Waals surface area contributed by atoms with Gasteiger partial charge in [0.15, 0.2) is 5.78 Å². The van der Waals surface area contributed by atoms with Crippen LogP contribution in [-0.2, 0) is 0 Å². The lowest BCUT2D eigenvalue weighted by Gasteiger charge is -2.06. The van der Waals surface area contributed by atoms with E-state index in [1.165, 1.54) is 13.2 Å². The highest BCUT2D eigenvalue weighted by Crippen LogP contribution is 2.19. The zero-order valence-corrected chi connectivity index (χ0v) is 10.2. The van der Waals surface area contributed by atoms with Gasteiger partial charge in [-0.15, -0.1) is 0 Å². The van der Waals surface area contributed by atoms with E-state index in [0.717, 1.165) is 0 Å². The van der Waals surface area contributed by atoms with Gasteiger partial charge in [-0.05, 0) is 30.7 Å². The van der Waals surface area contributed by atoms with Gasteiger partial charge >= 0.3 is 0 Å². The van der Waals surface area contributed by atoms with Crippen molar-refractivity contribution in [3.8, 4) is 5.75 Å². The monoisotopic (exact) mass is 244 g/mol. The van der Waals surface area contributed by atoms with E-state index in [4.69, 9.17) is 4.74 Å². The largest absolute Gasteiger partial charge is 0.497 e. The first-order valence-corrected chi connectivity index (χ1v) is 5.57. The summed E-state index contributed by atoms with van der Waals surface area (Å²) in [5.41, 5.74) is 0.964. The Morgan fingerprint density at radius 1 is 1.17 bits per heavy atom. The standard InChI is InChI=1S/C15H13FO2/c1-10-5-3-8-13(14(10)16)15(17)11-6-4-7-12(9-11)18-2/h3-9H,1-2H3. The third-order valence-corrected chi connectivity index (χ3v) is 2.77. The summed E-state index contributed by atoms with van der Waals surface area (Å²) in [6.45, 7) is 1.64. The fourth-order valence-electron chi connectivity index (χ4n) is 1.74. The minimum atomic E-state index is -0.467. The molecule has 2 nitrogen and oxygen atoms in total. The van der Waals surface area contributed by atoms with Gasteiger partial charge in [0.1, 0.15) is 11.6 Å². The Morgan fingerprint density at radius 3 is 2.61 bits per heavy atom. The topological polar surface area (TPSA) is 26.3 Å². The number of carbonyl (C=O) groups excluding carboxylic acids is 1. The van der Waals surface area contributed by atoms with Gasteiger partial charge in [-0.25, -0.2) is 4.39 Å². The number of rotatable bonds is 3. The van der Waals surface area contributed by atoms with Crippen molar-refractivity contribution in [3.63, 3.8) is 0 Å². The second-order valence-electron chi connectivity index (χ2n) is 4.00. The number of aryl methyl sites for hydroxylation is 1. The van der Waals surface area contributed by atoms with Gasteiger partial charge in [0.2, 0.25) is 0 Å². The lowest BCUT2D eigenvalue weighted by molar-refractivity contribution is 0.103. The molecule has 0 fully saturated rings. The quantitative estimate of drug-likeness (QED) is 0.774. The first-order chi connectivity index (χ1) is 8.63. The number of methoxy groups -OCH3 is 1. The SMILES string of the molecule is COc1cccc(C(=O)c2cccc(C)c2F)c1. The highest BCUT2D eigenvalue weighted by atomic mass is 19.1. The molecule has 18 heavy (non-hydrogen) atoms. The molecule has 3 heteroatoms. The Kier molecular flexibility index (Phi) is 3.42. The van der Waals surface area contributed by atoms with E-state index in [2.05, 4.69) is 0 Å². The van der Waals surface area contributed by atoms with Crippen LogP contribution in [0.15, 0.2) is 42.5 Å². The van der Waals surface area contributed by atoms with Gasteiger partial charge in [0.25, 0.3) is 0 Å². The van der Waals surface area contributed by atoms with Crippen LogP contribution in [0, 0.1) is 12.7 Å². The smallest absolute Gasteiger partial charge is 0.196 e. The first kappa shape index (κ1) is 12.3. The van der Waals surface area contributed by atoms with E-state index in [9.17, 15) is 9.18 Å². The molecule has 92 valence electrons. The van der Waals surface area contributed by atoms with Crippen LogP contribution in [0.25, 0.3) is 0 Å². The summed E-state index contributed by atoms with van der Waals surface area (Å²) >= 11 is 0. The summed E-state index contributed by atoms with van der Waals surface area (Å²) in [4.78, 5) is 12.2. The maximum Gasteiger partial charge on any atom is 0.196 e. The van der Waals surface area contributed by atoms with E-state index in [0.29, 0.717) is 16.9 Å². The maximum atomic E-state index is 13.9. The molecule has 0 aromatic heterocycles. The van der Waals surface area contributed by atoms with Gasteiger partial charge in [0.05, 0.1) is 12.7 Å². The minimum Gasteiger partial charge on any atom is -0.497 e. The average molecular weight is 244 g/mol. The molecule has 2 rings (SSSR count). The number of benzene rings is 2. The van der Waals surface area contributed by atoms with E-state index in [-0.39, 0.29) is 11.3 Å². The van der Waals surface area contributed by atoms with Crippen molar-refractivity contribution < 1.29 is 13.9 Å². The van der Waals surface area contributed by atoms with Crippen LogP contribution in [0.5, 0.6) is 5.75 Å². The van der Waals surface area contributed by atoms with Crippen LogP contribution in [0.3, 0.4) is 0 Å². The molecule has 0 unspecified atom stereocenters. The minimum absolute atomic E-state index is 0.0863. The second-order valence-corrected chi connectivity index (χ2v) is 4.00. The molecule has 2 aromatic rings. The first-order valence-electron chi connectivity index (χ1n) is 5.57. The lowest BCUT2D eigenvalue weighted by Crippen LogP contribution is -2.05. The van der Waals surface area contributed by atoms with E-state index in [1.807, 2.05) is 0 Å². The van der Waals surface area contributed by atoms with E-state index in [1.54, 1.807) is 43.3 Å². The molecule has 0 saturated heterocycles. The summed E-state index contributed by atoms with van der Waals surface area (Å²) in [7, 11) is 1.52. The summed E-state index contributed by atoms with van der Waals surface area (Å²) in [6, 6.07) is 11.5. The van der Waals surface area contributed by atoms with E-state index >= 15 is 0 Å². The maximum absolute atomic E-state index is 13.9. The Bertz CT molecular complexity index is 591. The van der Waals surface area contributed by atoms with Crippen LogP contribution in [-0.4, -0.2) is 12.9 Å². The van der Waals surface area contributed by atoms with Crippen molar-refractivity contribution in [2.45, 2.75) is 6.92 Å². The highest BCUT2D eigenvalue weighted by Gasteiger charge is 2.15. The number of carbonyl (C=O) groups is 1. The van der Waals surface area contributed by atoms with Crippen LogP contribution in [0.2, 0.25) is 0 Å². The molecule has 0 bridgehead atoms.